The average Bonchev–Trinajstić information content (AvgIpc) is 3.00. The first-order valence-corrected chi connectivity index (χ1v) is 7.20. The number of fused-ring (bicyclic) bond motifs is 1. The molecule has 1 saturated heterocycles. The number of nitrogens with zero attached hydrogens (tertiary/aromatic N) is 2. The van der Waals surface area contributed by atoms with Crippen LogP contribution in [0.25, 0.3) is 0 Å². The van der Waals surface area contributed by atoms with Crippen molar-refractivity contribution in [2.45, 2.75) is 19.3 Å². The number of nitrogen functional groups attached to an aromatic ring is 1. The van der Waals surface area contributed by atoms with E-state index in [-0.39, 0.29) is 5.91 Å². The van der Waals surface area contributed by atoms with Gasteiger partial charge in [0.1, 0.15) is 10.6 Å². The van der Waals surface area contributed by atoms with Gasteiger partial charge >= 0.3 is 0 Å². The summed E-state index contributed by atoms with van der Waals surface area (Å²) in [5, 5.41) is 3.59. The van der Waals surface area contributed by atoms with Crippen LogP contribution >= 0.6 is 11.5 Å². The van der Waals surface area contributed by atoms with Crippen LogP contribution in [0.2, 0.25) is 0 Å². The first kappa shape index (κ1) is 11.8. The van der Waals surface area contributed by atoms with Crippen LogP contribution < -0.4 is 16.0 Å². The molecule has 1 saturated carbocycles. The molecule has 1 amide bonds. The molecule has 1 aromatic heterocycles. The van der Waals surface area contributed by atoms with Gasteiger partial charge in [0.2, 0.25) is 0 Å². The quantitative estimate of drug-likeness (QED) is 0.847. The van der Waals surface area contributed by atoms with Crippen LogP contribution in [0.1, 0.15) is 29.6 Å². The molecule has 2 heterocycles. The molecular weight excluding hydrogens is 248 g/mol. The fraction of sp³-hybridized carbons (Fsp3) is 0.667. The summed E-state index contributed by atoms with van der Waals surface area (Å²) in [5.41, 5.74) is 6.37. The zero-order chi connectivity index (χ0) is 12.7. The van der Waals surface area contributed by atoms with E-state index in [4.69, 9.17) is 5.73 Å². The molecule has 3 N–H and O–H groups in total. The van der Waals surface area contributed by atoms with Crippen molar-refractivity contribution in [1.29, 1.82) is 0 Å². The van der Waals surface area contributed by atoms with E-state index >= 15 is 0 Å². The van der Waals surface area contributed by atoms with Gasteiger partial charge in [-0.3, -0.25) is 4.79 Å². The summed E-state index contributed by atoms with van der Waals surface area (Å²) in [6.07, 6.45) is 4.01. The van der Waals surface area contributed by atoms with Crippen LogP contribution in [0.3, 0.4) is 0 Å². The Balaban J connectivity index is 1.87. The van der Waals surface area contributed by atoms with Crippen molar-refractivity contribution in [3.8, 4) is 0 Å². The molecule has 18 heavy (non-hydrogen) atoms. The maximum Gasteiger partial charge on any atom is 0.257 e. The van der Waals surface area contributed by atoms with Gasteiger partial charge in [0.05, 0.1) is 0 Å². The second-order valence-corrected chi connectivity index (χ2v) is 5.93. The van der Waals surface area contributed by atoms with Gasteiger partial charge in [0.15, 0.2) is 5.82 Å². The van der Waals surface area contributed by atoms with Crippen LogP contribution in [0.5, 0.6) is 0 Å². The fourth-order valence-corrected chi connectivity index (χ4v) is 4.08. The largest absolute Gasteiger partial charge is 0.382 e. The molecule has 2 unspecified atom stereocenters. The second-order valence-electron chi connectivity index (χ2n) is 5.18. The lowest BCUT2D eigenvalue weighted by molar-refractivity contribution is 0.0964. The SMILES string of the molecule is CNC(=O)c1c(N)nsc1N1CC2CCCC2C1. The topological polar surface area (TPSA) is 71.2 Å². The van der Waals surface area contributed by atoms with Crippen LogP contribution in [0.15, 0.2) is 0 Å². The van der Waals surface area contributed by atoms with E-state index in [0.717, 1.165) is 29.9 Å². The lowest BCUT2D eigenvalue weighted by Crippen LogP contribution is -2.25. The summed E-state index contributed by atoms with van der Waals surface area (Å²) in [4.78, 5) is 14.2. The summed E-state index contributed by atoms with van der Waals surface area (Å²) < 4.78 is 4.14. The number of hydrogen-bond donors (Lipinski definition) is 2. The molecule has 0 spiro atoms. The molecule has 0 aromatic carbocycles. The van der Waals surface area contributed by atoms with Gasteiger partial charge in [0.25, 0.3) is 5.91 Å². The average molecular weight is 266 g/mol. The third kappa shape index (κ3) is 1.75. The number of nitrogens with one attached hydrogen (secondary N) is 1. The van der Waals surface area contributed by atoms with Crippen LogP contribution in [0, 0.1) is 11.8 Å². The smallest absolute Gasteiger partial charge is 0.257 e. The second kappa shape index (κ2) is 4.42. The minimum absolute atomic E-state index is 0.131. The number of carbonyl (C=O) groups is 1. The normalized spacial score (nSPS) is 26.4. The first-order valence-electron chi connectivity index (χ1n) is 6.43. The highest BCUT2D eigenvalue weighted by Crippen LogP contribution is 2.42. The Morgan fingerprint density at radius 3 is 2.72 bits per heavy atom. The molecule has 2 aliphatic rings. The molecule has 0 bridgehead atoms. The highest BCUT2D eigenvalue weighted by atomic mass is 32.1. The molecule has 2 fully saturated rings. The van der Waals surface area contributed by atoms with Gasteiger partial charge in [-0.1, -0.05) is 6.42 Å². The number of anilines is 2. The third-order valence-corrected chi connectivity index (χ3v) is 5.09. The van der Waals surface area contributed by atoms with Crippen molar-refractivity contribution in [3.63, 3.8) is 0 Å². The van der Waals surface area contributed by atoms with Crippen molar-refractivity contribution < 1.29 is 4.79 Å². The lowest BCUT2D eigenvalue weighted by atomic mass is 10.0. The maximum atomic E-state index is 11.9. The van der Waals surface area contributed by atoms with E-state index in [1.54, 1.807) is 7.05 Å². The Hall–Kier alpha value is -1.30. The van der Waals surface area contributed by atoms with E-state index < -0.39 is 0 Å². The molecule has 6 heteroatoms. The van der Waals surface area contributed by atoms with E-state index in [0.29, 0.717) is 11.4 Å². The number of carbonyl (C=O) groups excluding carboxylic acids is 1. The summed E-state index contributed by atoms with van der Waals surface area (Å²) in [7, 11) is 1.63. The minimum Gasteiger partial charge on any atom is -0.382 e. The summed E-state index contributed by atoms with van der Waals surface area (Å²) in [5.74, 6) is 1.82. The highest BCUT2D eigenvalue weighted by molar-refractivity contribution is 7.11. The zero-order valence-electron chi connectivity index (χ0n) is 10.5. The van der Waals surface area contributed by atoms with Crippen molar-refractivity contribution in [1.82, 2.24) is 9.69 Å². The summed E-state index contributed by atoms with van der Waals surface area (Å²) in [6, 6.07) is 0. The van der Waals surface area contributed by atoms with Gasteiger partial charge in [-0.15, -0.1) is 0 Å². The maximum absolute atomic E-state index is 11.9. The molecule has 0 radical (unpaired) electrons. The summed E-state index contributed by atoms with van der Waals surface area (Å²) in [6.45, 7) is 2.10. The highest BCUT2D eigenvalue weighted by Gasteiger charge is 2.38. The Labute approximate surface area is 111 Å². The summed E-state index contributed by atoms with van der Waals surface area (Å²) >= 11 is 1.35. The van der Waals surface area contributed by atoms with E-state index in [9.17, 15) is 4.79 Å². The molecule has 98 valence electrons. The number of nitrogens with two attached hydrogens (primary N) is 1. The first-order chi connectivity index (χ1) is 8.70. The van der Waals surface area contributed by atoms with Gasteiger partial charge in [-0.25, -0.2) is 0 Å². The van der Waals surface area contributed by atoms with Crippen LogP contribution in [-0.4, -0.2) is 30.4 Å². The van der Waals surface area contributed by atoms with E-state index in [1.165, 1.54) is 30.8 Å². The molecule has 2 atom stereocenters. The Kier molecular flexibility index (Phi) is 2.89. The van der Waals surface area contributed by atoms with E-state index in [2.05, 4.69) is 14.6 Å². The zero-order valence-corrected chi connectivity index (χ0v) is 11.3. The Morgan fingerprint density at radius 2 is 2.11 bits per heavy atom. The van der Waals surface area contributed by atoms with Gasteiger partial charge in [-0.05, 0) is 36.2 Å². The number of aromatic nitrogens is 1. The molecule has 5 nitrogen and oxygen atoms in total. The number of amides is 1. The van der Waals surface area contributed by atoms with Crippen molar-refractivity contribution >= 4 is 28.3 Å². The van der Waals surface area contributed by atoms with Crippen LogP contribution in [-0.2, 0) is 0 Å². The monoisotopic (exact) mass is 266 g/mol. The molecule has 1 aromatic rings. The standard InChI is InChI=1S/C12H18N4OS/c1-14-11(17)9-10(13)15-18-12(9)16-5-7-3-2-4-8(7)6-16/h7-8H,2-6H2,1H3,(H2,13,15)(H,14,17). The minimum atomic E-state index is -0.131. The molecule has 3 rings (SSSR count). The predicted octanol–water partition coefficient (Wildman–Crippen LogP) is 1.32. The van der Waals surface area contributed by atoms with Crippen molar-refractivity contribution in [2.75, 3.05) is 30.8 Å². The van der Waals surface area contributed by atoms with Crippen molar-refractivity contribution in [2.24, 2.45) is 11.8 Å². The third-order valence-electron chi connectivity index (χ3n) is 4.17. The number of rotatable bonds is 2. The Bertz CT molecular complexity index is 461. The lowest BCUT2D eigenvalue weighted by Gasteiger charge is -2.18. The number of hydrogen-bond acceptors (Lipinski definition) is 5. The fourth-order valence-electron chi connectivity index (χ4n) is 3.25. The van der Waals surface area contributed by atoms with Gasteiger partial charge < -0.3 is 16.0 Å². The van der Waals surface area contributed by atoms with E-state index in [1.807, 2.05) is 0 Å². The van der Waals surface area contributed by atoms with Crippen molar-refractivity contribution in [3.05, 3.63) is 5.56 Å². The molecule has 1 aliphatic heterocycles. The van der Waals surface area contributed by atoms with Gasteiger partial charge in [0, 0.05) is 20.1 Å². The predicted molar refractivity (Wildman–Crippen MR) is 73.0 cm³/mol. The molecule has 1 aliphatic carbocycles. The Morgan fingerprint density at radius 1 is 1.44 bits per heavy atom. The van der Waals surface area contributed by atoms with Gasteiger partial charge in [-0.2, -0.15) is 4.37 Å². The molecular formula is C12H18N4OS. The van der Waals surface area contributed by atoms with Crippen LogP contribution in [0.4, 0.5) is 10.8 Å².